The SMILES string of the molecule is O=C(O)/C=C/c1ccc(OC(F)(F)F)cc1OC(F)F. The minimum Gasteiger partial charge on any atom is -0.478 e. The van der Waals surface area contributed by atoms with Crippen LogP contribution in [0.25, 0.3) is 6.08 Å². The molecule has 0 amide bonds. The molecule has 1 rings (SSSR count). The van der Waals surface area contributed by atoms with E-state index in [2.05, 4.69) is 9.47 Å². The average Bonchev–Trinajstić information content (AvgIpc) is 2.24. The molecule has 0 aliphatic carbocycles. The highest BCUT2D eigenvalue weighted by Crippen LogP contribution is 2.30. The molecule has 0 aromatic heterocycles. The van der Waals surface area contributed by atoms with Crippen LogP contribution < -0.4 is 9.47 Å². The highest BCUT2D eigenvalue weighted by molar-refractivity contribution is 5.86. The van der Waals surface area contributed by atoms with E-state index in [0.29, 0.717) is 12.1 Å². The van der Waals surface area contributed by atoms with Crippen molar-refractivity contribution in [1.29, 1.82) is 0 Å². The Morgan fingerprint density at radius 2 is 1.95 bits per heavy atom. The summed E-state index contributed by atoms with van der Waals surface area (Å²) in [5, 5.41) is 8.41. The molecule has 4 nitrogen and oxygen atoms in total. The summed E-state index contributed by atoms with van der Waals surface area (Å²) in [6, 6.07) is 2.38. The standard InChI is InChI=1S/C11H7F5O4/c12-10(13)19-8-5-7(20-11(14,15)16)3-1-6(8)2-4-9(17)18/h1-5,10H,(H,17,18)/b4-2+. The lowest BCUT2D eigenvalue weighted by Crippen LogP contribution is -2.17. The summed E-state index contributed by atoms with van der Waals surface area (Å²) in [5.74, 6) is -2.76. The molecule has 1 aromatic rings. The molecule has 0 saturated carbocycles. The number of alkyl halides is 5. The zero-order chi connectivity index (χ0) is 15.3. The molecule has 20 heavy (non-hydrogen) atoms. The number of carbonyl (C=O) groups is 1. The van der Waals surface area contributed by atoms with E-state index < -0.39 is 30.4 Å². The quantitative estimate of drug-likeness (QED) is 0.669. The molecule has 0 aliphatic heterocycles. The lowest BCUT2D eigenvalue weighted by atomic mass is 10.2. The third kappa shape index (κ3) is 5.55. The van der Waals surface area contributed by atoms with E-state index in [1.54, 1.807) is 0 Å². The van der Waals surface area contributed by atoms with Crippen LogP contribution in [-0.4, -0.2) is 24.0 Å². The highest BCUT2D eigenvalue weighted by atomic mass is 19.4. The molecule has 9 heteroatoms. The largest absolute Gasteiger partial charge is 0.573 e. The van der Waals surface area contributed by atoms with Gasteiger partial charge in [-0.15, -0.1) is 13.2 Å². The molecule has 0 aliphatic rings. The second kappa shape index (κ2) is 6.22. The topological polar surface area (TPSA) is 55.8 Å². The van der Waals surface area contributed by atoms with Crippen LogP contribution in [0.3, 0.4) is 0 Å². The van der Waals surface area contributed by atoms with Crippen LogP contribution in [0.5, 0.6) is 11.5 Å². The van der Waals surface area contributed by atoms with E-state index in [1.807, 2.05) is 0 Å². The van der Waals surface area contributed by atoms with Gasteiger partial charge in [0.1, 0.15) is 11.5 Å². The summed E-state index contributed by atoms with van der Waals surface area (Å²) in [6.07, 6.45) is -3.46. The van der Waals surface area contributed by atoms with Gasteiger partial charge in [-0.3, -0.25) is 0 Å². The van der Waals surface area contributed by atoms with Crippen molar-refractivity contribution >= 4 is 12.0 Å². The Bertz CT molecular complexity index is 510. The summed E-state index contributed by atoms with van der Waals surface area (Å²) >= 11 is 0. The van der Waals surface area contributed by atoms with Gasteiger partial charge in [0.15, 0.2) is 0 Å². The van der Waals surface area contributed by atoms with Crippen LogP contribution >= 0.6 is 0 Å². The van der Waals surface area contributed by atoms with Crippen molar-refractivity contribution in [3.63, 3.8) is 0 Å². The number of halogens is 5. The Hall–Kier alpha value is -2.32. The number of aliphatic carboxylic acids is 1. The predicted octanol–water partition coefficient (Wildman–Crippen LogP) is 3.28. The van der Waals surface area contributed by atoms with E-state index >= 15 is 0 Å². The molecule has 0 saturated heterocycles. The molecule has 0 unspecified atom stereocenters. The van der Waals surface area contributed by atoms with E-state index in [-0.39, 0.29) is 5.56 Å². The smallest absolute Gasteiger partial charge is 0.478 e. The zero-order valence-corrected chi connectivity index (χ0v) is 9.53. The molecule has 1 N–H and O–H groups in total. The lowest BCUT2D eigenvalue weighted by molar-refractivity contribution is -0.274. The van der Waals surface area contributed by atoms with Crippen molar-refractivity contribution in [2.45, 2.75) is 13.0 Å². The Morgan fingerprint density at radius 3 is 2.45 bits per heavy atom. The fourth-order valence-corrected chi connectivity index (χ4v) is 1.21. The van der Waals surface area contributed by atoms with Gasteiger partial charge in [0.05, 0.1) is 0 Å². The summed E-state index contributed by atoms with van der Waals surface area (Å²) in [7, 11) is 0. The van der Waals surface area contributed by atoms with Crippen LogP contribution in [0.1, 0.15) is 5.56 Å². The number of benzene rings is 1. The first-order valence-corrected chi connectivity index (χ1v) is 4.93. The lowest BCUT2D eigenvalue weighted by Gasteiger charge is -2.12. The highest BCUT2D eigenvalue weighted by Gasteiger charge is 2.31. The van der Waals surface area contributed by atoms with Gasteiger partial charge in [-0.25, -0.2) is 4.79 Å². The van der Waals surface area contributed by atoms with E-state index in [0.717, 1.165) is 18.2 Å². The second-order valence-corrected chi connectivity index (χ2v) is 3.30. The summed E-state index contributed by atoms with van der Waals surface area (Å²) in [6.45, 7) is -3.28. The van der Waals surface area contributed by atoms with Crippen LogP contribution in [0.15, 0.2) is 24.3 Å². The zero-order valence-electron chi connectivity index (χ0n) is 9.53. The van der Waals surface area contributed by atoms with Crippen LogP contribution in [0.2, 0.25) is 0 Å². The van der Waals surface area contributed by atoms with Crippen LogP contribution in [0, 0.1) is 0 Å². The van der Waals surface area contributed by atoms with Crippen molar-refractivity contribution in [2.24, 2.45) is 0 Å². The Morgan fingerprint density at radius 1 is 1.30 bits per heavy atom. The van der Waals surface area contributed by atoms with Crippen molar-refractivity contribution in [3.8, 4) is 11.5 Å². The number of carboxylic acid groups (broad SMARTS) is 1. The van der Waals surface area contributed by atoms with Gasteiger partial charge < -0.3 is 14.6 Å². The summed E-state index contributed by atoms with van der Waals surface area (Å²) in [5.41, 5.74) is -0.137. The first kappa shape index (κ1) is 15.7. The van der Waals surface area contributed by atoms with Crippen molar-refractivity contribution in [1.82, 2.24) is 0 Å². The Kier molecular flexibility index (Phi) is 4.89. The monoisotopic (exact) mass is 298 g/mol. The van der Waals surface area contributed by atoms with Gasteiger partial charge in [-0.05, 0) is 18.2 Å². The Balaban J connectivity index is 3.09. The number of ether oxygens (including phenoxy) is 2. The van der Waals surface area contributed by atoms with Crippen molar-refractivity contribution < 1.29 is 41.3 Å². The maximum absolute atomic E-state index is 12.1. The Labute approximate surface area is 109 Å². The normalized spacial score (nSPS) is 11.9. The maximum atomic E-state index is 12.1. The second-order valence-electron chi connectivity index (χ2n) is 3.30. The molecule has 0 heterocycles. The molecular weight excluding hydrogens is 291 g/mol. The van der Waals surface area contributed by atoms with Gasteiger partial charge in [0.2, 0.25) is 0 Å². The van der Waals surface area contributed by atoms with Crippen molar-refractivity contribution in [2.75, 3.05) is 0 Å². The van der Waals surface area contributed by atoms with E-state index in [9.17, 15) is 26.7 Å². The molecule has 110 valence electrons. The summed E-state index contributed by atoms with van der Waals surface area (Å²) in [4.78, 5) is 10.3. The van der Waals surface area contributed by atoms with Crippen molar-refractivity contribution in [3.05, 3.63) is 29.8 Å². The summed E-state index contributed by atoms with van der Waals surface area (Å²) < 4.78 is 67.8. The van der Waals surface area contributed by atoms with E-state index in [1.165, 1.54) is 0 Å². The molecule has 0 bridgehead atoms. The average molecular weight is 298 g/mol. The molecule has 0 radical (unpaired) electrons. The molecule has 0 spiro atoms. The number of hydrogen-bond acceptors (Lipinski definition) is 3. The van der Waals surface area contributed by atoms with Crippen LogP contribution in [0.4, 0.5) is 22.0 Å². The molecule has 0 atom stereocenters. The first-order valence-electron chi connectivity index (χ1n) is 4.93. The fraction of sp³-hybridized carbons (Fsp3) is 0.182. The minimum atomic E-state index is -4.99. The third-order valence-corrected chi connectivity index (χ3v) is 1.84. The number of rotatable bonds is 5. The van der Waals surface area contributed by atoms with E-state index in [4.69, 9.17) is 5.11 Å². The predicted molar refractivity (Wildman–Crippen MR) is 56.4 cm³/mol. The number of carboxylic acids is 1. The minimum absolute atomic E-state index is 0.137. The van der Waals surface area contributed by atoms with Gasteiger partial charge in [-0.2, -0.15) is 8.78 Å². The molecular formula is C11H7F5O4. The molecule has 0 fully saturated rings. The fourth-order valence-electron chi connectivity index (χ4n) is 1.21. The van der Waals surface area contributed by atoms with Gasteiger partial charge >= 0.3 is 18.9 Å². The van der Waals surface area contributed by atoms with Gasteiger partial charge in [0, 0.05) is 17.7 Å². The van der Waals surface area contributed by atoms with Gasteiger partial charge in [-0.1, -0.05) is 0 Å². The first-order chi connectivity index (χ1) is 9.17. The third-order valence-electron chi connectivity index (χ3n) is 1.84. The maximum Gasteiger partial charge on any atom is 0.573 e. The van der Waals surface area contributed by atoms with Gasteiger partial charge in [0.25, 0.3) is 0 Å². The number of hydrogen-bond donors (Lipinski definition) is 1. The molecule has 1 aromatic carbocycles. The van der Waals surface area contributed by atoms with Crippen LogP contribution in [-0.2, 0) is 4.79 Å².